The molecule has 8 heteroatoms. The third-order valence-corrected chi connectivity index (χ3v) is 5.97. The van der Waals surface area contributed by atoms with Crippen LogP contribution in [0.3, 0.4) is 0 Å². The van der Waals surface area contributed by atoms with Crippen molar-refractivity contribution >= 4 is 30.1 Å². The average Bonchev–Trinajstić information content (AvgIpc) is 2.66. The highest BCUT2D eigenvalue weighted by Gasteiger charge is 2.37. The molecule has 0 aliphatic carbocycles. The van der Waals surface area contributed by atoms with Gasteiger partial charge in [-0.2, -0.15) is 0 Å². The molecule has 0 spiro atoms. The number of piperazine rings is 1. The van der Waals surface area contributed by atoms with E-state index >= 15 is 0 Å². The molecule has 2 atom stereocenters. The highest BCUT2D eigenvalue weighted by Crippen LogP contribution is 2.26. The molecular weight excluding hydrogens is 380 g/mol. The molecule has 3 aliphatic heterocycles. The molecule has 160 valence electrons. The van der Waals surface area contributed by atoms with Crippen molar-refractivity contribution in [3.63, 3.8) is 0 Å². The van der Waals surface area contributed by atoms with Gasteiger partial charge in [-0.05, 0) is 25.7 Å². The van der Waals surface area contributed by atoms with Gasteiger partial charge in [0.1, 0.15) is 0 Å². The molecule has 0 aromatic rings. The number of hydrogen-bond donors (Lipinski definition) is 1. The van der Waals surface area contributed by atoms with Crippen LogP contribution in [-0.2, 0) is 14.4 Å². The van der Waals surface area contributed by atoms with E-state index in [1.165, 1.54) is 0 Å². The molecular formula is C20H35ClN4O3. The third kappa shape index (κ3) is 5.17. The summed E-state index contributed by atoms with van der Waals surface area (Å²) in [5.41, 5.74) is -0.413. The first-order valence-corrected chi connectivity index (χ1v) is 10.4. The van der Waals surface area contributed by atoms with Gasteiger partial charge in [0.2, 0.25) is 17.7 Å². The SMILES string of the molecule is CC(C)(C)C(=O)N1CCCC(C(=O)N2CCCC(N3CCNCC3=O)C2)C1.Cl. The van der Waals surface area contributed by atoms with Crippen LogP contribution in [0.1, 0.15) is 46.5 Å². The van der Waals surface area contributed by atoms with Crippen molar-refractivity contribution < 1.29 is 14.4 Å². The number of likely N-dealkylation sites (tertiary alicyclic amines) is 2. The van der Waals surface area contributed by atoms with E-state index in [1.807, 2.05) is 35.5 Å². The van der Waals surface area contributed by atoms with Crippen LogP contribution in [0.4, 0.5) is 0 Å². The van der Waals surface area contributed by atoms with Crippen LogP contribution in [0.5, 0.6) is 0 Å². The van der Waals surface area contributed by atoms with E-state index in [-0.39, 0.29) is 42.1 Å². The number of carbonyl (C=O) groups is 3. The van der Waals surface area contributed by atoms with E-state index in [1.54, 1.807) is 0 Å². The second kappa shape index (κ2) is 9.44. The summed E-state index contributed by atoms with van der Waals surface area (Å²) in [5, 5.41) is 3.11. The number of nitrogens with one attached hydrogen (secondary N) is 1. The zero-order chi connectivity index (χ0) is 19.6. The first-order valence-electron chi connectivity index (χ1n) is 10.4. The molecule has 3 saturated heterocycles. The lowest BCUT2D eigenvalue weighted by Gasteiger charge is -2.43. The fourth-order valence-electron chi connectivity index (χ4n) is 4.51. The quantitative estimate of drug-likeness (QED) is 0.734. The Morgan fingerprint density at radius 2 is 1.68 bits per heavy atom. The lowest BCUT2D eigenvalue weighted by molar-refractivity contribution is -0.148. The lowest BCUT2D eigenvalue weighted by Crippen LogP contribution is -2.58. The van der Waals surface area contributed by atoms with Crippen molar-refractivity contribution in [2.45, 2.75) is 52.5 Å². The largest absolute Gasteiger partial charge is 0.341 e. The maximum Gasteiger partial charge on any atom is 0.236 e. The Labute approximate surface area is 174 Å². The van der Waals surface area contributed by atoms with Crippen LogP contribution in [0.25, 0.3) is 0 Å². The summed E-state index contributed by atoms with van der Waals surface area (Å²) >= 11 is 0. The predicted molar refractivity (Wildman–Crippen MR) is 110 cm³/mol. The minimum Gasteiger partial charge on any atom is -0.341 e. The molecule has 0 aromatic heterocycles. The molecule has 0 bridgehead atoms. The van der Waals surface area contributed by atoms with Crippen LogP contribution < -0.4 is 5.32 Å². The molecule has 3 rings (SSSR count). The molecule has 3 amide bonds. The van der Waals surface area contributed by atoms with Gasteiger partial charge in [-0.1, -0.05) is 20.8 Å². The van der Waals surface area contributed by atoms with E-state index < -0.39 is 5.41 Å². The van der Waals surface area contributed by atoms with Gasteiger partial charge in [-0.15, -0.1) is 12.4 Å². The predicted octanol–water partition coefficient (Wildman–Crippen LogP) is 1.12. The molecule has 3 heterocycles. The number of nitrogens with zero attached hydrogens (tertiary/aromatic N) is 3. The number of hydrogen-bond acceptors (Lipinski definition) is 4. The van der Waals surface area contributed by atoms with Crippen molar-refractivity contribution in [3.8, 4) is 0 Å². The van der Waals surface area contributed by atoms with Gasteiger partial charge in [0, 0.05) is 50.7 Å². The number of amides is 3. The number of halogens is 1. The molecule has 0 aromatic carbocycles. The highest BCUT2D eigenvalue weighted by atomic mass is 35.5. The van der Waals surface area contributed by atoms with Crippen LogP contribution in [0.2, 0.25) is 0 Å². The van der Waals surface area contributed by atoms with Crippen LogP contribution in [-0.4, -0.2) is 84.3 Å². The highest BCUT2D eigenvalue weighted by molar-refractivity contribution is 5.85. The summed E-state index contributed by atoms with van der Waals surface area (Å²) in [6.45, 7) is 10.4. The Kier molecular flexibility index (Phi) is 7.73. The van der Waals surface area contributed by atoms with Gasteiger partial charge in [-0.3, -0.25) is 14.4 Å². The number of carbonyl (C=O) groups excluding carboxylic acids is 3. The number of piperidine rings is 2. The lowest BCUT2D eigenvalue weighted by atomic mass is 9.90. The van der Waals surface area contributed by atoms with Crippen molar-refractivity contribution in [1.29, 1.82) is 0 Å². The summed E-state index contributed by atoms with van der Waals surface area (Å²) in [7, 11) is 0. The molecule has 0 radical (unpaired) electrons. The fraction of sp³-hybridized carbons (Fsp3) is 0.850. The van der Waals surface area contributed by atoms with Gasteiger partial charge in [0.15, 0.2) is 0 Å². The Morgan fingerprint density at radius 1 is 1.00 bits per heavy atom. The second-order valence-electron chi connectivity index (χ2n) is 9.18. The van der Waals surface area contributed by atoms with E-state index in [0.29, 0.717) is 19.6 Å². The second-order valence-corrected chi connectivity index (χ2v) is 9.18. The standard InChI is InChI=1S/C20H34N4O3.ClH/c1-20(2,3)19(27)23-10-4-6-15(13-23)18(26)22-9-5-7-16(14-22)24-11-8-21-12-17(24)25;/h15-16,21H,4-14H2,1-3H3;1H. The average molecular weight is 415 g/mol. The zero-order valence-electron chi connectivity index (χ0n) is 17.4. The minimum absolute atomic E-state index is 0. The smallest absolute Gasteiger partial charge is 0.236 e. The molecule has 7 nitrogen and oxygen atoms in total. The monoisotopic (exact) mass is 414 g/mol. The first-order chi connectivity index (χ1) is 12.8. The molecule has 0 saturated carbocycles. The Bertz CT molecular complexity index is 592. The summed E-state index contributed by atoms with van der Waals surface area (Å²) in [5.74, 6) is 0.319. The van der Waals surface area contributed by atoms with Crippen LogP contribution in [0, 0.1) is 11.3 Å². The molecule has 3 fully saturated rings. The van der Waals surface area contributed by atoms with Crippen LogP contribution >= 0.6 is 12.4 Å². The van der Waals surface area contributed by atoms with Gasteiger partial charge < -0.3 is 20.0 Å². The Hall–Kier alpha value is -1.34. The topological polar surface area (TPSA) is 73.0 Å². The van der Waals surface area contributed by atoms with Gasteiger partial charge in [0.05, 0.1) is 12.5 Å². The van der Waals surface area contributed by atoms with Crippen molar-refractivity contribution in [3.05, 3.63) is 0 Å². The van der Waals surface area contributed by atoms with Crippen molar-refractivity contribution in [1.82, 2.24) is 20.0 Å². The van der Waals surface area contributed by atoms with E-state index in [0.717, 1.165) is 51.9 Å². The normalized spacial score (nSPS) is 26.7. The van der Waals surface area contributed by atoms with E-state index in [4.69, 9.17) is 0 Å². The summed E-state index contributed by atoms with van der Waals surface area (Å²) in [6.07, 6.45) is 3.63. The minimum atomic E-state index is -0.413. The van der Waals surface area contributed by atoms with Gasteiger partial charge >= 0.3 is 0 Å². The van der Waals surface area contributed by atoms with Crippen LogP contribution in [0.15, 0.2) is 0 Å². The molecule has 1 N–H and O–H groups in total. The maximum atomic E-state index is 13.2. The Morgan fingerprint density at radius 3 is 2.36 bits per heavy atom. The van der Waals surface area contributed by atoms with Gasteiger partial charge in [0.25, 0.3) is 0 Å². The third-order valence-electron chi connectivity index (χ3n) is 5.97. The summed E-state index contributed by atoms with van der Waals surface area (Å²) < 4.78 is 0. The van der Waals surface area contributed by atoms with E-state index in [2.05, 4.69) is 5.32 Å². The van der Waals surface area contributed by atoms with Crippen molar-refractivity contribution in [2.75, 3.05) is 45.8 Å². The first kappa shape index (κ1) is 22.9. The number of rotatable bonds is 2. The summed E-state index contributed by atoms with van der Waals surface area (Å²) in [4.78, 5) is 43.7. The maximum absolute atomic E-state index is 13.2. The van der Waals surface area contributed by atoms with E-state index in [9.17, 15) is 14.4 Å². The molecule has 28 heavy (non-hydrogen) atoms. The molecule has 2 unspecified atom stereocenters. The summed E-state index contributed by atoms with van der Waals surface area (Å²) in [6, 6.07) is 0.133. The fourth-order valence-corrected chi connectivity index (χ4v) is 4.51. The molecule has 3 aliphatic rings. The zero-order valence-corrected chi connectivity index (χ0v) is 18.2. The van der Waals surface area contributed by atoms with Gasteiger partial charge in [-0.25, -0.2) is 0 Å². The van der Waals surface area contributed by atoms with Crippen molar-refractivity contribution in [2.24, 2.45) is 11.3 Å². The Balaban J connectivity index is 0.00000280.